The van der Waals surface area contributed by atoms with E-state index in [0.717, 1.165) is 24.3 Å². The highest BCUT2D eigenvalue weighted by molar-refractivity contribution is 5.76. The van der Waals surface area contributed by atoms with Crippen LogP contribution in [0.25, 0.3) is 11.0 Å². The summed E-state index contributed by atoms with van der Waals surface area (Å²) >= 11 is 0. The highest BCUT2D eigenvalue weighted by Crippen LogP contribution is 2.23. The van der Waals surface area contributed by atoms with Gasteiger partial charge in [-0.2, -0.15) is 0 Å². The van der Waals surface area contributed by atoms with Crippen LogP contribution in [-0.2, 0) is 6.42 Å². The summed E-state index contributed by atoms with van der Waals surface area (Å²) < 4.78 is 2.39. The number of hydrogen-bond acceptors (Lipinski definition) is 2. The van der Waals surface area contributed by atoms with Gasteiger partial charge < -0.3 is 9.47 Å². The Morgan fingerprint density at radius 3 is 2.41 bits per heavy atom. The standard InChI is InChI=1S/C19H23N3/c1-15(14-21(2)3)22-18-12-8-7-11-17(18)20-19(22)13-16-9-5-4-6-10-16/h4-12,15H,13-14H2,1-3H3. The average Bonchev–Trinajstić information content (AvgIpc) is 2.85. The van der Waals surface area contributed by atoms with Gasteiger partial charge in [0.25, 0.3) is 0 Å². The van der Waals surface area contributed by atoms with E-state index in [9.17, 15) is 0 Å². The number of nitrogens with zero attached hydrogens (tertiary/aromatic N) is 3. The fourth-order valence-corrected chi connectivity index (χ4v) is 3.10. The van der Waals surface area contributed by atoms with E-state index in [1.54, 1.807) is 0 Å². The molecule has 0 N–H and O–H groups in total. The molecule has 1 aromatic heterocycles. The molecular weight excluding hydrogens is 270 g/mol. The number of rotatable bonds is 5. The summed E-state index contributed by atoms with van der Waals surface area (Å²) in [4.78, 5) is 7.11. The van der Waals surface area contributed by atoms with Gasteiger partial charge in [0, 0.05) is 19.0 Å². The number of para-hydroxylation sites is 2. The lowest BCUT2D eigenvalue weighted by atomic mass is 10.1. The normalized spacial score (nSPS) is 12.9. The number of aromatic nitrogens is 2. The molecule has 3 rings (SSSR count). The summed E-state index contributed by atoms with van der Waals surface area (Å²) in [5.41, 5.74) is 3.61. The van der Waals surface area contributed by atoms with E-state index in [1.807, 2.05) is 0 Å². The molecule has 114 valence electrons. The van der Waals surface area contributed by atoms with Gasteiger partial charge in [-0.15, -0.1) is 0 Å². The lowest BCUT2D eigenvalue weighted by Crippen LogP contribution is -2.23. The molecule has 3 nitrogen and oxygen atoms in total. The van der Waals surface area contributed by atoms with Crippen molar-refractivity contribution in [3.63, 3.8) is 0 Å². The van der Waals surface area contributed by atoms with Crippen molar-refractivity contribution in [2.75, 3.05) is 20.6 Å². The predicted octanol–water partition coefficient (Wildman–Crippen LogP) is 3.75. The van der Waals surface area contributed by atoms with Crippen LogP contribution < -0.4 is 0 Å². The minimum absolute atomic E-state index is 0.390. The molecule has 1 atom stereocenters. The molecule has 22 heavy (non-hydrogen) atoms. The van der Waals surface area contributed by atoms with Crippen LogP contribution in [-0.4, -0.2) is 35.1 Å². The van der Waals surface area contributed by atoms with Gasteiger partial charge in [-0.1, -0.05) is 42.5 Å². The van der Waals surface area contributed by atoms with Crippen LogP contribution in [0.4, 0.5) is 0 Å². The van der Waals surface area contributed by atoms with E-state index < -0.39 is 0 Å². The Balaban J connectivity index is 2.04. The Morgan fingerprint density at radius 2 is 1.68 bits per heavy atom. The molecule has 0 radical (unpaired) electrons. The van der Waals surface area contributed by atoms with Crippen LogP contribution in [0.2, 0.25) is 0 Å². The maximum atomic E-state index is 4.88. The Morgan fingerprint density at radius 1 is 1.00 bits per heavy atom. The van der Waals surface area contributed by atoms with E-state index in [2.05, 4.69) is 85.1 Å². The minimum Gasteiger partial charge on any atom is -0.324 e. The van der Waals surface area contributed by atoms with Crippen molar-refractivity contribution in [2.24, 2.45) is 0 Å². The topological polar surface area (TPSA) is 21.1 Å². The second kappa shape index (κ2) is 6.32. The molecule has 3 aromatic rings. The summed E-state index contributed by atoms with van der Waals surface area (Å²) in [7, 11) is 4.24. The van der Waals surface area contributed by atoms with E-state index in [-0.39, 0.29) is 0 Å². The van der Waals surface area contributed by atoms with Gasteiger partial charge in [0.2, 0.25) is 0 Å². The zero-order valence-corrected chi connectivity index (χ0v) is 13.5. The average molecular weight is 293 g/mol. The number of fused-ring (bicyclic) bond motifs is 1. The zero-order valence-electron chi connectivity index (χ0n) is 13.5. The fraction of sp³-hybridized carbons (Fsp3) is 0.316. The van der Waals surface area contributed by atoms with Gasteiger partial charge in [-0.3, -0.25) is 0 Å². The second-order valence-electron chi connectivity index (χ2n) is 6.16. The van der Waals surface area contributed by atoms with Crippen LogP contribution >= 0.6 is 0 Å². The summed E-state index contributed by atoms with van der Waals surface area (Å²) in [5, 5.41) is 0. The highest BCUT2D eigenvalue weighted by Gasteiger charge is 2.16. The number of likely N-dealkylation sites (N-methyl/N-ethyl adjacent to an activating group) is 1. The van der Waals surface area contributed by atoms with Crippen molar-refractivity contribution in [1.29, 1.82) is 0 Å². The number of imidazole rings is 1. The molecular formula is C19H23N3. The lowest BCUT2D eigenvalue weighted by Gasteiger charge is -2.21. The van der Waals surface area contributed by atoms with Crippen molar-refractivity contribution in [3.8, 4) is 0 Å². The molecule has 1 heterocycles. The van der Waals surface area contributed by atoms with Gasteiger partial charge in [0.1, 0.15) is 5.82 Å². The molecule has 2 aromatic carbocycles. The first-order valence-corrected chi connectivity index (χ1v) is 7.79. The lowest BCUT2D eigenvalue weighted by molar-refractivity contribution is 0.337. The second-order valence-corrected chi connectivity index (χ2v) is 6.16. The smallest absolute Gasteiger partial charge is 0.114 e. The third-order valence-electron chi connectivity index (χ3n) is 3.94. The Hall–Kier alpha value is -2.13. The molecule has 0 bridgehead atoms. The monoisotopic (exact) mass is 293 g/mol. The molecule has 0 aliphatic rings. The Kier molecular flexibility index (Phi) is 4.25. The van der Waals surface area contributed by atoms with Crippen LogP contribution in [0.5, 0.6) is 0 Å². The predicted molar refractivity (Wildman–Crippen MR) is 92.2 cm³/mol. The highest BCUT2D eigenvalue weighted by atomic mass is 15.2. The van der Waals surface area contributed by atoms with E-state index in [0.29, 0.717) is 6.04 Å². The third-order valence-corrected chi connectivity index (χ3v) is 3.94. The summed E-state index contributed by atoms with van der Waals surface area (Å²) in [6, 6.07) is 19.4. The Labute approximate surface area is 132 Å². The van der Waals surface area contributed by atoms with E-state index in [4.69, 9.17) is 4.98 Å². The SMILES string of the molecule is CC(CN(C)C)n1c(Cc2ccccc2)nc2ccccc21. The molecule has 0 fully saturated rings. The summed E-state index contributed by atoms with van der Waals surface area (Å²) in [5.74, 6) is 1.14. The quantitative estimate of drug-likeness (QED) is 0.714. The van der Waals surface area contributed by atoms with Crippen molar-refractivity contribution in [1.82, 2.24) is 14.5 Å². The van der Waals surface area contributed by atoms with Crippen LogP contribution in [0.3, 0.4) is 0 Å². The van der Waals surface area contributed by atoms with Crippen molar-refractivity contribution < 1.29 is 0 Å². The minimum atomic E-state index is 0.390. The molecule has 0 spiro atoms. The first kappa shape index (κ1) is 14.8. The van der Waals surface area contributed by atoms with E-state index >= 15 is 0 Å². The van der Waals surface area contributed by atoms with E-state index in [1.165, 1.54) is 11.1 Å². The van der Waals surface area contributed by atoms with Crippen LogP contribution in [0.15, 0.2) is 54.6 Å². The molecule has 0 amide bonds. The number of hydrogen-bond donors (Lipinski definition) is 0. The zero-order chi connectivity index (χ0) is 15.5. The van der Waals surface area contributed by atoms with Crippen molar-refractivity contribution in [2.45, 2.75) is 19.4 Å². The molecule has 0 aliphatic carbocycles. The third kappa shape index (κ3) is 3.04. The van der Waals surface area contributed by atoms with Crippen molar-refractivity contribution >= 4 is 11.0 Å². The van der Waals surface area contributed by atoms with Crippen LogP contribution in [0.1, 0.15) is 24.4 Å². The summed E-state index contributed by atoms with van der Waals surface area (Å²) in [6.45, 7) is 3.27. The first-order valence-electron chi connectivity index (χ1n) is 7.79. The summed E-state index contributed by atoms with van der Waals surface area (Å²) in [6.07, 6.45) is 0.868. The van der Waals surface area contributed by atoms with Gasteiger partial charge >= 0.3 is 0 Å². The maximum Gasteiger partial charge on any atom is 0.114 e. The number of benzene rings is 2. The molecule has 0 saturated carbocycles. The molecule has 3 heteroatoms. The fourth-order valence-electron chi connectivity index (χ4n) is 3.10. The molecule has 0 saturated heterocycles. The Bertz CT molecular complexity index is 744. The van der Waals surface area contributed by atoms with Gasteiger partial charge in [0.15, 0.2) is 0 Å². The van der Waals surface area contributed by atoms with Crippen molar-refractivity contribution in [3.05, 3.63) is 66.0 Å². The maximum absolute atomic E-state index is 4.88. The molecule has 0 aliphatic heterocycles. The van der Waals surface area contributed by atoms with Crippen LogP contribution in [0, 0.1) is 0 Å². The van der Waals surface area contributed by atoms with Gasteiger partial charge in [-0.05, 0) is 38.7 Å². The largest absolute Gasteiger partial charge is 0.324 e. The van der Waals surface area contributed by atoms with Gasteiger partial charge in [0.05, 0.1) is 11.0 Å². The van der Waals surface area contributed by atoms with Gasteiger partial charge in [-0.25, -0.2) is 4.98 Å². The molecule has 1 unspecified atom stereocenters. The first-order chi connectivity index (χ1) is 10.6.